The van der Waals surface area contributed by atoms with Crippen LogP contribution in [0.25, 0.3) is 0 Å². The lowest BCUT2D eigenvalue weighted by atomic mass is 10.1. The lowest BCUT2D eigenvalue weighted by Gasteiger charge is -2.29. The number of nitrogens with one attached hydrogen (secondary N) is 2. The standard InChI is InChI=1S/C12H26N2O2/c1-7-9(2)13-11(15)10(3)14-12(4,5)8-16-6/h9-10,14H,7-8H2,1-6H3,(H,13,15). The summed E-state index contributed by atoms with van der Waals surface area (Å²) in [6.45, 7) is 10.5. The average Bonchev–Trinajstić information content (AvgIpc) is 2.16. The molecule has 16 heavy (non-hydrogen) atoms. The van der Waals surface area contributed by atoms with Crippen LogP contribution in [0.4, 0.5) is 0 Å². The van der Waals surface area contributed by atoms with E-state index in [2.05, 4.69) is 17.6 Å². The topological polar surface area (TPSA) is 50.4 Å². The Bertz CT molecular complexity index is 217. The molecule has 0 aromatic heterocycles. The summed E-state index contributed by atoms with van der Waals surface area (Å²) in [5.74, 6) is 0.0403. The third kappa shape index (κ3) is 6.08. The van der Waals surface area contributed by atoms with Crippen molar-refractivity contribution >= 4 is 5.91 Å². The molecule has 2 unspecified atom stereocenters. The van der Waals surface area contributed by atoms with E-state index in [0.29, 0.717) is 6.61 Å². The van der Waals surface area contributed by atoms with E-state index < -0.39 is 0 Å². The normalized spacial score (nSPS) is 15.6. The molecule has 0 radical (unpaired) electrons. The first-order valence-electron chi connectivity index (χ1n) is 5.89. The van der Waals surface area contributed by atoms with Crippen LogP contribution in [0.3, 0.4) is 0 Å². The molecule has 4 nitrogen and oxygen atoms in total. The summed E-state index contributed by atoms with van der Waals surface area (Å²) in [4.78, 5) is 11.8. The van der Waals surface area contributed by atoms with E-state index in [4.69, 9.17) is 4.74 Å². The Balaban J connectivity index is 4.14. The third-order valence-corrected chi connectivity index (χ3v) is 2.51. The van der Waals surface area contributed by atoms with Crippen LogP contribution >= 0.6 is 0 Å². The van der Waals surface area contributed by atoms with Crippen molar-refractivity contribution in [1.29, 1.82) is 0 Å². The quantitative estimate of drug-likeness (QED) is 0.693. The second-order valence-electron chi connectivity index (χ2n) is 5.00. The Kier molecular flexibility index (Phi) is 6.60. The first-order chi connectivity index (χ1) is 7.32. The van der Waals surface area contributed by atoms with Gasteiger partial charge >= 0.3 is 0 Å². The summed E-state index contributed by atoms with van der Waals surface area (Å²) < 4.78 is 5.10. The molecular formula is C12H26N2O2. The van der Waals surface area contributed by atoms with Crippen molar-refractivity contribution < 1.29 is 9.53 Å². The van der Waals surface area contributed by atoms with Crippen LogP contribution < -0.4 is 10.6 Å². The van der Waals surface area contributed by atoms with Gasteiger partial charge in [-0.15, -0.1) is 0 Å². The number of ether oxygens (including phenoxy) is 1. The highest BCUT2D eigenvalue weighted by molar-refractivity contribution is 5.81. The van der Waals surface area contributed by atoms with Crippen LogP contribution in [-0.4, -0.2) is 37.2 Å². The number of hydrogen-bond donors (Lipinski definition) is 2. The molecule has 4 heteroatoms. The molecule has 96 valence electrons. The van der Waals surface area contributed by atoms with Gasteiger partial charge in [0.2, 0.25) is 5.91 Å². The predicted molar refractivity (Wildman–Crippen MR) is 66.4 cm³/mol. The molecular weight excluding hydrogens is 204 g/mol. The fourth-order valence-corrected chi connectivity index (χ4v) is 1.52. The van der Waals surface area contributed by atoms with Gasteiger partial charge in [-0.25, -0.2) is 0 Å². The van der Waals surface area contributed by atoms with Crippen LogP contribution in [0.2, 0.25) is 0 Å². The number of carbonyl (C=O) groups is 1. The van der Waals surface area contributed by atoms with Gasteiger partial charge in [-0.3, -0.25) is 10.1 Å². The molecule has 0 saturated carbocycles. The van der Waals surface area contributed by atoms with E-state index in [9.17, 15) is 4.79 Å². The molecule has 2 N–H and O–H groups in total. The number of rotatable bonds is 7. The largest absolute Gasteiger partial charge is 0.383 e. The minimum atomic E-state index is -0.209. The van der Waals surface area contributed by atoms with Crippen molar-refractivity contribution in [3.05, 3.63) is 0 Å². The molecule has 0 aliphatic heterocycles. The van der Waals surface area contributed by atoms with Gasteiger partial charge in [0.1, 0.15) is 0 Å². The number of methoxy groups -OCH3 is 1. The van der Waals surface area contributed by atoms with E-state index in [1.165, 1.54) is 0 Å². The van der Waals surface area contributed by atoms with Gasteiger partial charge in [0.05, 0.1) is 12.6 Å². The first kappa shape index (κ1) is 15.4. The van der Waals surface area contributed by atoms with Crippen molar-refractivity contribution in [1.82, 2.24) is 10.6 Å². The summed E-state index contributed by atoms with van der Waals surface area (Å²) in [6.07, 6.45) is 0.944. The maximum absolute atomic E-state index is 11.8. The predicted octanol–water partition coefficient (Wildman–Crippen LogP) is 1.30. The molecule has 0 aliphatic rings. The molecule has 1 amide bonds. The summed E-state index contributed by atoms with van der Waals surface area (Å²) in [7, 11) is 1.66. The monoisotopic (exact) mass is 230 g/mol. The maximum atomic E-state index is 11.8. The van der Waals surface area contributed by atoms with Crippen LogP contribution in [0.5, 0.6) is 0 Å². The summed E-state index contributed by atoms with van der Waals surface area (Å²) in [5.41, 5.74) is -0.193. The Labute approximate surface area is 99.1 Å². The molecule has 0 fully saturated rings. The van der Waals surface area contributed by atoms with E-state index in [1.807, 2.05) is 27.7 Å². The number of hydrogen-bond acceptors (Lipinski definition) is 3. The minimum Gasteiger partial charge on any atom is -0.383 e. The van der Waals surface area contributed by atoms with E-state index in [0.717, 1.165) is 6.42 Å². The smallest absolute Gasteiger partial charge is 0.237 e. The van der Waals surface area contributed by atoms with Gasteiger partial charge < -0.3 is 10.1 Å². The average molecular weight is 230 g/mol. The highest BCUT2D eigenvalue weighted by Gasteiger charge is 2.23. The zero-order valence-electron chi connectivity index (χ0n) is 11.4. The Morgan fingerprint density at radius 3 is 2.38 bits per heavy atom. The maximum Gasteiger partial charge on any atom is 0.237 e. The van der Waals surface area contributed by atoms with Gasteiger partial charge in [-0.1, -0.05) is 6.92 Å². The molecule has 0 bridgehead atoms. The van der Waals surface area contributed by atoms with Gasteiger partial charge in [0, 0.05) is 18.7 Å². The molecule has 2 atom stereocenters. The molecule has 0 heterocycles. The summed E-state index contributed by atoms with van der Waals surface area (Å²) in [6, 6.07) is 0.0152. The van der Waals surface area contributed by atoms with Crippen LogP contribution in [-0.2, 0) is 9.53 Å². The summed E-state index contributed by atoms with van der Waals surface area (Å²) >= 11 is 0. The van der Waals surface area contributed by atoms with Crippen molar-refractivity contribution in [2.75, 3.05) is 13.7 Å². The molecule has 0 spiro atoms. The van der Waals surface area contributed by atoms with Crippen molar-refractivity contribution in [2.24, 2.45) is 0 Å². The second kappa shape index (κ2) is 6.86. The third-order valence-electron chi connectivity index (χ3n) is 2.51. The lowest BCUT2D eigenvalue weighted by molar-refractivity contribution is -0.124. The minimum absolute atomic E-state index is 0.0403. The van der Waals surface area contributed by atoms with Crippen molar-refractivity contribution in [2.45, 2.75) is 58.7 Å². The van der Waals surface area contributed by atoms with E-state index in [-0.39, 0.29) is 23.5 Å². The van der Waals surface area contributed by atoms with Crippen LogP contribution in [0.15, 0.2) is 0 Å². The SMILES string of the molecule is CCC(C)NC(=O)C(C)NC(C)(C)COC. The zero-order valence-corrected chi connectivity index (χ0v) is 11.4. The van der Waals surface area contributed by atoms with E-state index >= 15 is 0 Å². The lowest BCUT2D eigenvalue weighted by Crippen LogP contribution is -2.54. The molecule has 0 aromatic rings. The van der Waals surface area contributed by atoms with Crippen molar-refractivity contribution in [3.8, 4) is 0 Å². The highest BCUT2D eigenvalue weighted by atomic mass is 16.5. The molecule has 0 aromatic carbocycles. The second-order valence-corrected chi connectivity index (χ2v) is 5.00. The van der Waals surface area contributed by atoms with Gasteiger partial charge in [-0.05, 0) is 34.1 Å². The number of amides is 1. The van der Waals surface area contributed by atoms with Gasteiger partial charge in [-0.2, -0.15) is 0 Å². The fraction of sp³-hybridized carbons (Fsp3) is 0.917. The molecule has 0 saturated heterocycles. The Morgan fingerprint density at radius 1 is 1.38 bits per heavy atom. The number of carbonyl (C=O) groups excluding carboxylic acids is 1. The molecule has 0 aliphatic carbocycles. The Morgan fingerprint density at radius 2 is 1.94 bits per heavy atom. The fourth-order valence-electron chi connectivity index (χ4n) is 1.52. The van der Waals surface area contributed by atoms with E-state index in [1.54, 1.807) is 7.11 Å². The summed E-state index contributed by atoms with van der Waals surface area (Å²) in [5, 5.41) is 6.20. The first-order valence-corrected chi connectivity index (χ1v) is 5.89. The van der Waals surface area contributed by atoms with Gasteiger partial charge in [0.25, 0.3) is 0 Å². The molecule has 0 rings (SSSR count). The van der Waals surface area contributed by atoms with Crippen LogP contribution in [0.1, 0.15) is 41.0 Å². The van der Waals surface area contributed by atoms with Crippen molar-refractivity contribution in [3.63, 3.8) is 0 Å². The van der Waals surface area contributed by atoms with Crippen LogP contribution in [0, 0.1) is 0 Å². The highest BCUT2D eigenvalue weighted by Crippen LogP contribution is 2.04. The Hall–Kier alpha value is -0.610. The zero-order chi connectivity index (χ0) is 12.8. The van der Waals surface area contributed by atoms with Gasteiger partial charge in [0.15, 0.2) is 0 Å².